The predicted octanol–water partition coefficient (Wildman–Crippen LogP) is 9.37. The van der Waals surface area contributed by atoms with E-state index in [-0.39, 0.29) is 5.88 Å². The Morgan fingerprint density at radius 1 is 0.897 bits per heavy atom. The Morgan fingerprint density at radius 3 is 2.28 bits per heavy atom. The smallest absolute Gasteiger partial charge is 0.243 e. The molecule has 0 spiro atoms. The second kappa shape index (κ2) is 13.8. The summed E-state index contributed by atoms with van der Waals surface area (Å²) in [6.45, 7) is 7.70. The van der Waals surface area contributed by atoms with Gasteiger partial charge >= 0.3 is 0 Å². The number of benzene rings is 3. The number of aromatic hydroxyl groups is 1. The Hall–Kier alpha value is -3.88. The molecule has 3 aromatic carbocycles. The van der Waals surface area contributed by atoms with Gasteiger partial charge in [0.25, 0.3) is 0 Å². The van der Waals surface area contributed by atoms with Gasteiger partial charge in [0, 0.05) is 6.61 Å². The van der Waals surface area contributed by atoms with Crippen molar-refractivity contribution in [1.29, 1.82) is 0 Å². The third-order valence-electron chi connectivity index (χ3n) is 6.46. The molecule has 0 aliphatic rings. The molecular formula is C30H33ClN6O2. The number of aryl methyl sites for hydroxylation is 1. The molecule has 8 nitrogen and oxygen atoms in total. The molecule has 1 aromatic heterocycles. The van der Waals surface area contributed by atoms with Crippen molar-refractivity contribution < 1.29 is 9.84 Å². The van der Waals surface area contributed by atoms with Crippen LogP contribution in [0.4, 0.5) is 22.7 Å². The Labute approximate surface area is 234 Å². The molecule has 0 saturated carbocycles. The lowest BCUT2D eigenvalue weighted by molar-refractivity contribution is 0.0989. The van der Waals surface area contributed by atoms with Crippen LogP contribution in [0.1, 0.15) is 37.9 Å². The summed E-state index contributed by atoms with van der Waals surface area (Å²) < 4.78 is 7.25. The van der Waals surface area contributed by atoms with Crippen LogP contribution in [0.15, 0.2) is 93.3 Å². The van der Waals surface area contributed by atoms with E-state index in [1.807, 2.05) is 54.6 Å². The van der Waals surface area contributed by atoms with Gasteiger partial charge in [0.05, 0.1) is 34.4 Å². The highest BCUT2D eigenvalue weighted by Crippen LogP contribution is 2.35. The molecule has 0 atom stereocenters. The highest BCUT2D eigenvalue weighted by atomic mass is 35.5. The van der Waals surface area contributed by atoms with Crippen molar-refractivity contribution >= 4 is 34.4 Å². The van der Waals surface area contributed by atoms with E-state index in [1.165, 1.54) is 10.2 Å². The summed E-state index contributed by atoms with van der Waals surface area (Å²) in [6, 6.07) is 22.4. The first-order valence-electron chi connectivity index (χ1n) is 13.1. The van der Waals surface area contributed by atoms with Gasteiger partial charge in [-0.3, -0.25) is 0 Å². The van der Waals surface area contributed by atoms with E-state index in [0.29, 0.717) is 40.3 Å². The minimum absolute atomic E-state index is 0.0841. The van der Waals surface area contributed by atoms with Gasteiger partial charge in [-0.15, -0.1) is 10.2 Å². The molecular weight excluding hydrogens is 512 g/mol. The maximum Gasteiger partial charge on any atom is 0.243 e. The lowest BCUT2D eigenvalue weighted by Crippen LogP contribution is -2.09. The number of ether oxygens (including phenoxy) is 1. The minimum atomic E-state index is -0.0841. The predicted molar refractivity (Wildman–Crippen MR) is 155 cm³/mol. The van der Waals surface area contributed by atoms with Gasteiger partial charge in [0.2, 0.25) is 5.88 Å². The Kier molecular flexibility index (Phi) is 9.94. The molecule has 0 amide bonds. The molecule has 0 aliphatic carbocycles. The zero-order valence-corrected chi connectivity index (χ0v) is 23.2. The fourth-order valence-corrected chi connectivity index (χ4v) is 4.14. The number of hydrogen-bond acceptors (Lipinski definition) is 7. The summed E-state index contributed by atoms with van der Waals surface area (Å²) in [5.41, 5.74) is 4.54. The van der Waals surface area contributed by atoms with Crippen LogP contribution >= 0.6 is 11.6 Å². The molecule has 9 heteroatoms. The van der Waals surface area contributed by atoms with Crippen molar-refractivity contribution in [2.24, 2.45) is 26.4 Å². The van der Waals surface area contributed by atoms with Crippen molar-refractivity contribution in [1.82, 2.24) is 9.78 Å². The fourth-order valence-electron chi connectivity index (χ4n) is 3.93. The van der Waals surface area contributed by atoms with E-state index < -0.39 is 0 Å². The lowest BCUT2D eigenvalue weighted by Gasteiger charge is -2.12. The van der Waals surface area contributed by atoms with Gasteiger partial charge in [-0.05, 0) is 67.3 Å². The number of nitrogens with zero attached hydrogens (tertiary/aromatic N) is 6. The lowest BCUT2D eigenvalue weighted by atomic mass is 10.1. The van der Waals surface area contributed by atoms with Gasteiger partial charge in [-0.1, -0.05) is 68.6 Å². The molecule has 4 aromatic rings. The highest BCUT2D eigenvalue weighted by molar-refractivity contribution is 6.33. The molecule has 4 rings (SSSR count). The first-order chi connectivity index (χ1) is 19.0. The molecule has 0 fully saturated rings. The van der Waals surface area contributed by atoms with Crippen molar-refractivity contribution in [3.63, 3.8) is 0 Å². The molecule has 39 heavy (non-hydrogen) atoms. The average Bonchev–Trinajstić information content (AvgIpc) is 3.25. The third-order valence-corrected chi connectivity index (χ3v) is 6.76. The summed E-state index contributed by atoms with van der Waals surface area (Å²) in [7, 11) is 0. The normalized spacial score (nSPS) is 11.8. The van der Waals surface area contributed by atoms with Crippen LogP contribution in [0.3, 0.4) is 0 Å². The third kappa shape index (κ3) is 7.59. The van der Waals surface area contributed by atoms with Crippen molar-refractivity contribution in [3.05, 3.63) is 89.1 Å². The summed E-state index contributed by atoms with van der Waals surface area (Å²) in [6.07, 6.45) is 3.17. The first kappa shape index (κ1) is 28.1. The van der Waals surface area contributed by atoms with E-state index >= 15 is 0 Å². The van der Waals surface area contributed by atoms with Gasteiger partial charge in [0.1, 0.15) is 5.69 Å². The van der Waals surface area contributed by atoms with Crippen LogP contribution in [0.2, 0.25) is 5.02 Å². The van der Waals surface area contributed by atoms with Crippen LogP contribution < -0.4 is 0 Å². The molecule has 0 radical (unpaired) electrons. The number of rotatable bonds is 12. The van der Waals surface area contributed by atoms with E-state index in [2.05, 4.69) is 39.4 Å². The molecule has 1 heterocycles. The van der Waals surface area contributed by atoms with Crippen molar-refractivity contribution in [3.8, 4) is 11.6 Å². The summed E-state index contributed by atoms with van der Waals surface area (Å²) >= 11 is 6.43. The molecule has 0 saturated heterocycles. The SMILES string of the molecule is CCC(CC)COCCc1ccc(/N=N/c2ccc(/N=N/c3c(C)nn(-c4ccccc4)c3O)cc2Cl)cc1. The molecule has 0 unspecified atom stereocenters. The maximum atomic E-state index is 10.6. The number of para-hydroxylation sites is 1. The largest absolute Gasteiger partial charge is 0.492 e. The van der Waals surface area contributed by atoms with Gasteiger partial charge in [0.15, 0.2) is 5.69 Å². The van der Waals surface area contributed by atoms with E-state index in [4.69, 9.17) is 16.3 Å². The minimum Gasteiger partial charge on any atom is -0.492 e. The van der Waals surface area contributed by atoms with E-state index in [9.17, 15) is 5.11 Å². The molecule has 202 valence electrons. The van der Waals surface area contributed by atoms with Gasteiger partial charge < -0.3 is 9.84 Å². The summed E-state index contributed by atoms with van der Waals surface area (Å²) in [5.74, 6) is 0.554. The number of hydrogen-bond donors (Lipinski definition) is 1. The topological polar surface area (TPSA) is 96.7 Å². The second-order valence-corrected chi connectivity index (χ2v) is 9.62. The van der Waals surface area contributed by atoms with Crippen LogP contribution in [-0.2, 0) is 11.2 Å². The van der Waals surface area contributed by atoms with E-state index in [0.717, 1.165) is 37.2 Å². The van der Waals surface area contributed by atoms with E-state index in [1.54, 1.807) is 25.1 Å². The second-order valence-electron chi connectivity index (χ2n) is 9.21. The summed E-state index contributed by atoms with van der Waals surface area (Å²) in [5, 5.41) is 32.4. The Morgan fingerprint density at radius 2 is 1.59 bits per heavy atom. The number of halogens is 1. The zero-order chi connectivity index (χ0) is 27.6. The Bertz CT molecular complexity index is 1410. The maximum absolute atomic E-state index is 10.6. The van der Waals surface area contributed by atoms with Gasteiger partial charge in [-0.2, -0.15) is 20.0 Å². The van der Waals surface area contributed by atoms with Crippen LogP contribution in [-0.4, -0.2) is 28.1 Å². The van der Waals surface area contributed by atoms with Gasteiger partial charge in [-0.25, -0.2) is 0 Å². The highest BCUT2D eigenvalue weighted by Gasteiger charge is 2.15. The molecule has 0 bridgehead atoms. The molecule has 1 N–H and O–H groups in total. The van der Waals surface area contributed by atoms with Crippen LogP contribution in [0.5, 0.6) is 5.88 Å². The fraction of sp³-hybridized carbons (Fsp3) is 0.300. The molecule has 0 aliphatic heterocycles. The standard InChI is InChI=1S/C30H33ClN6O2/c1-4-22(5-2)20-39-18-17-23-11-13-24(14-12-23)32-34-28-16-15-25(19-27(28)31)33-35-29-21(3)36-37(30(29)38)26-9-7-6-8-10-26/h6-16,19,22,38H,4-5,17-18,20H2,1-3H3/b34-32+,35-33+. The number of aromatic nitrogens is 2. The summed E-state index contributed by atoms with van der Waals surface area (Å²) in [4.78, 5) is 0. The Balaban J connectivity index is 1.36. The average molecular weight is 545 g/mol. The quantitative estimate of drug-likeness (QED) is 0.142. The van der Waals surface area contributed by atoms with Crippen LogP contribution in [0.25, 0.3) is 5.69 Å². The number of azo groups is 2. The van der Waals surface area contributed by atoms with Crippen molar-refractivity contribution in [2.45, 2.75) is 40.0 Å². The monoisotopic (exact) mass is 544 g/mol. The van der Waals surface area contributed by atoms with Crippen molar-refractivity contribution in [2.75, 3.05) is 13.2 Å². The zero-order valence-electron chi connectivity index (χ0n) is 22.5. The van der Waals surface area contributed by atoms with Crippen LogP contribution in [0, 0.1) is 12.8 Å². The first-order valence-corrected chi connectivity index (χ1v) is 13.5.